The van der Waals surface area contributed by atoms with Crippen molar-refractivity contribution >= 4 is 11.7 Å². The van der Waals surface area contributed by atoms with E-state index in [1.807, 2.05) is 49.4 Å². The maximum absolute atomic E-state index is 13.3. The number of carbonyl (C=O) groups is 2. The van der Waals surface area contributed by atoms with Gasteiger partial charge in [-0.15, -0.1) is 0 Å². The van der Waals surface area contributed by atoms with Crippen LogP contribution in [0.3, 0.4) is 0 Å². The van der Waals surface area contributed by atoms with E-state index >= 15 is 0 Å². The zero-order valence-electron chi connectivity index (χ0n) is 18.2. The molecule has 6 nitrogen and oxygen atoms in total. The van der Waals surface area contributed by atoms with Gasteiger partial charge in [0.05, 0.1) is 29.2 Å². The lowest BCUT2D eigenvalue weighted by Crippen LogP contribution is -2.38. The molecule has 2 saturated carbocycles. The van der Waals surface area contributed by atoms with Gasteiger partial charge in [-0.05, 0) is 63.3 Å². The molecular weight excluding hydrogens is 390 g/mol. The molecule has 31 heavy (non-hydrogen) atoms. The number of Topliss-reactive ketones (excluding diaryl/α,β-unsaturated/α-hetero) is 1. The number of aryl methyl sites for hydroxylation is 1. The van der Waals surface area contributed by atoms with Gasteiger partial charge in [-0.2, -0.15) is 5.10 Å². The maximum atomic E-state index is 13.3. The standard InChI is InChI=1S/C25H27N3O3/c1-15-13-21(15)22-12-11-20(31-22)14-27(18-9-10-18)25(30)24(29)23-16(2)26-28(17(23)3)19-7-5-4-6-8-19/h4-8,11-12,15,18,21H,9-10,13-14H2,1-3H3. The largest absolute Gasteiger partial charge is 0.464 e. The minimum absolute atomic E-state index is 0.106. The zero-order valence-corrected chi connectivity index (χ0v) is 18.2. The highest BCUT2D eigenvalue weighted by molar-refractivity contribution is 6.43. The van der Waals surface area contributed by atoms with Crippen LogP contribution in [-0.4, -0.2) is 32.4 Å². The molecule has 3 aromatic rings. The predicted octanol–water partition coefficient (Wildman–Crippen LogP) is 4.58. The van der Waals surface area contributed by atoms with E-state index < -0.39 is 11.7 Å². The Labute approximate surface area is 181 Å². The summed E-state index contributed by atoms with van der Waals surface area (Å²) in [5.74, 6) is 1.93. The summed E-state index contributed by atoms with van der Waals surface area (Å²) in [7, 11) is 0. The number of ketones is 1. The molecule has 2 aromatic heterocycles. The minimum atomic E-state index is -0.494. The van der Waals surface area contributed by atoms with Gasteiger partial charge in [-0.1, -0.05) is 25.1 Å². The van der Waals surface area contributed by atoms with Crippen molar-refractivity contribution in [3.05, 3.63) is 70.9 Å². The van der Waals surface area contributed by atoms with Crippen LogP contribution in [0.15, 0.2) is 46.9 Å². The summed E-state index contributed by atoms with van der Waals surface area (Å²) in [6.45, 7) is 6.17. The molecule has 2 fully saturated rings. The summed E-state index contributed by atoms with van der Waals surface area (Å²) < 4.78 is 7.74. The molecule has 1 aromatic carbocycles. The fourth-order valence-electron chi connectivity index (χ4n) is 4.35. The molecule has 2 unspecified atom stereocenters. The van der Waals surface area contributed by atoms with Crippen molar-refractivity contribution in [2.45, 2.75) is 58.5 Å². The fourth-order valence-corrected chi connectivity index (χ4v) is 4.35. The first-order chi connectivity index (χ1) is 14.9. The first-order valence-corrected chi connectivity index (χ1v) is 11.0. The summed E-state index contributed by atoms with van der Waals surface area (Å²) in [6.07, 6.45) is 3.00. The van der Waals surface area contributed by atoms with Gasteiger partial charge < -0.3 is 9.32 Å². The maximum Gasteiger partial charge on any atom is 0.295 e. The Morgan fingerprint density at radius 2 is 1.84 bits per heavy atom. The van der Waals surface area contributed by atoms with Crippen molar-refractivity contribution in [2.24, 2.45) is 5.92 Å². The molecule has 2 aliphatic rings. The Bertz CT molecular complexity index is 1140. The molecule has 0 spiro atoms. The van der Waals surface area contributed by atoms with Crippen LogP contribution in [0.1, 0.15) is 65.4 Å². The highest BCUT2D eigenvalue weighted by atomic mass is 16.3. The van der Waals surface area contributed by atoms with E-state index in [0.717, 1.165) is 36.5 Å². The van der Waals surface area contributed by atoms with E-state index in [1.165, 1.54) is 0 Å². The summed E-state index contributed by atoms with van der Waals surface area (Å²) >= 11 is 0. The van der Waals surface area contributed by atoms with Crippen LogP contribution in [-0.2, 0) is 11.3 Å². The lowest BCUT2D eigenvalue weighted by atomic mass is 10.1. The zero-order chi connectivity index (χ0) is 21.7. The average molecular weight is 418 g/mol. The molecule has 5 rings (SSSR count). The van der Waals surface area contributed by atoms with Crippen molar-refractivity contribution in [1.82, 2.24) is 14.7 Å². The number of rotatable bonds is 7. The number of amides is 1. The third-order valence-electron chi connectivity index (χ3n) is 6.45. The number of benzene rings is 1. The lowest BCUT2D eigenvalue weighted by molar-refractivity contribution is -0.127. The van der Waals surface area contributed by atoms with Crippen LogP contribution < -0.4 is 0 Å². The number of hydrogen-bond donors (Lipinski definition) is 0. The van der Waals surface area contributed by atoms with E-state index in [1.54, 1.807) is 16.5 Å². The number of nitrogens with zero attached hydrogens (tertiary/aromatic N) is 3. The van der Waals surface area contributed by atoms with Crippen molar-refractivity contribution in [3.8, 4) is 5.69 Å². The molecule has 2 heterocycles. The van der Waals surface area contributed by atoms with Crippen LogP contribution in [0.5, 0.6) is 0 Å². The molecule has 160 valence electrons. The number of carbonyl (C=O) groups excluding carboxylic acids is 2. The number of hydrogen-bond acceptors (Lipinski definition) is 4. The van der Waals surface area contributed by atoms with Gasteiger partial charge in [-0.3, -0.25) is 9.59 Å². The van der Waals surface area contributed by atoms with Gasteiger partial charge in [0.25, 0.3) is 11.7 Å². The normalized spacial score (nSPS) is 20.0. The predicted molar refractivity (Wildman–Crippen MR) is 116 cm³/mol. The van der Waals surface area contributed by atoms with Gasteiger partial charge in [0.15, 0.2) is 0 Å². The molecule has 0 N–H and O–H groups in total. The lowest BCUT2D eigenvalue weighted by Gasteiger charge is -2.20. The van der Waals surface area contributed by atoms with Crippen LogP contribution in [0.4, 0.5) is 0 Å². The molecule has 0 radical (unpaired) electrons. The molecular formula is C25H27N3O3. The Balaban J connectivity index is 1.38. The van der Waals surface area contributed by atoms with Crippen molar-refractivity contribution in [1.29, 1.82) is 0 Å². The van der Waals surface area contributed by atoms with E-state index in [4.69, 9.17) is 4.42 Å². The van der Waals surface area contributed by atoms with Crippen molar-refractivity contribution in [3.63, 3.8) is 0 Å². The summed E-state index contributed by atoms with van der Waals surface area (Å²) in [5.41, 5.74) is 2.51. The smallest absolute Gasteiger partial charge is 0.295 e. The Morgan fingerprint density at radius 3 is 2.48 bits per heavy atom. The van der Waals surface area contributed by atoms with E-state index in [-0.39, 0.29) is 6.04 Å². The van der Waals surface area contributed by atoms with Gasteiger partial charge in [0, 0.05) is 12.0 Å². The van der Waals surface area contributed by atoms with Gasteiger partial charge in [-0.25, -0.2) is 4.68 Å². The van der Waals surface area contributed by atoms with E-state index in [0.29, 0.717) is 35.3 Å². The Hall–Kier alpha value is -3.15. The Kier molecular flexibility index (Phi) is 4.80. The molecule has 0 bridgehead atoms. The second-order valence-electron chi connectivity index (χ2n) is 8.91. The monoisotopic (exact) mass is 417 g/mol. The molecule has 2 aliphatic carbocycles. The molecule has 0 saturated heterocycles. The summed E-state index contributed by atoms with van der Waals surface area (Å²) in [5, 5.41) is 4.53. The van der Waals surface area contributed by atoms with Crippen LogP contribution >= 0.6 is 0 Å². The second-order valence-corrected chi connectivity index (χ2v) is 8.91. The van der Waals surface area contributed by atoms with Crippen LogP contribution in [0, 0.1) is 19.8 Å². The highest BCUT2D eigenvalue weighted by Gasteiger charge is 2.39. The molecule has 0 aliphatic heterocycles. The first-order valence-electron chi connectivity index (χ1n) is 11.0. The Morgan fingerprint density at radius 1 is 1.13 bits per heavy atom. The van der Waals surface area contributed by atoms with Crippen molar-refractivity contribution < 1.29 is 14.0 Å². The van der Waals surface area contributed by atoms with Gasteiger partial charge >= 0.3 is 0 Å². The molecule has 2 atom stereocenters. The first kappa shape index (κ1) is 19.8. The van der Waals surface area contributed by atoms with Crippen molar-refractivity contribution in [2.75, 3.05) is 0 Å². The van der Waals surface area contributed by atoms with Gasteiger partial charge in [0.2, 0.25) is 0 Å². The SMILES string of the molecule is Cc1nn(-c2ccccc2)c(C)c1C(=O)C(=O)N(Cc1ccc(C2CC2C)o1)C1CC1. The summed E-state index contributed by atoms with van der Waals surface area (Å²) in [6, 6.07) is 13.7. The third-order valence-corrected chi connectivity index (χ3v) is 6.45. The fraction of sp³-hybridized carbons (Fsp3) is 0.400. The van der Waals surface area contributed by atoms with E-state index in [2.05, 4.69) is 12.0 Å². The van der Waals surface area contributed by atoms with Crippen LogP contribution in [0.2, 0.25) is 0 Å². The second kappa shape index (κ2) is 7.52. The van der Waals surface area contributed by atoms with Gasteiger partial charge in [0.1, 0.15) is 11.5 Å². The molecule has 1 amide bonds. The topological polar surface area (TPSA) is 68.3 Å². The minimum Gasteiger partial charge on any atom is -0.464 e. The summed E-state index contributed by atoms with van der Waals surface area (Å²) in [4.78, 5) is 28.2. The molecule has 6 heteroatoms. The third kappa shape index (κ3) is 3.71. The average Bonchev–Trinajstić information content (AvgIpc) is 3.67. The number of furan rings is 1. The highest BCUT2D eigenvalue weighted by Crippen LogP contribution is 2.47. The van der Waals surface area contributed by atoms with E-state index in [9.17, 15) is 9.59 Å². The van der Waals surface area contributed by atoms with Crippen LogP contribution in [0.25, 0.3) is 5.69 Å². The number of para-hydroxylation sites is 1. The quantitative estimate of drug-likeness (QED) is 0.417. The number of aromatic nitrogens is 2.